The lowest BCUT2D eigenvalue weighted by atomic mass is 10.5. The maximum Gasteiger partial charge on any atom is 0.0890 e. The van der Waals surface area contributed by atoms with Gasteiger partial charge < -0.3 is 0 Å². The van der Waals surface area contributed by atoms with Crippen molar-refractivity contribution in [2.75, 3.05) is 0 Å². The topological polar surface area (TPSA) is 12.9 Å². The van der Waals surface area contributed by atoms with Crippen LogP contribution in [0.3, 0.4) is 0 Å². The molecule has 0 saturated heterocycles. The lowest BCUT2D eigenvalue weighted by Crippen LogP contribution is -1.93. The number of hydrogen-bond acceptors (Lipinski definition) is 1. The van der Waals surface area contributed by atoms with E-state index < -0.39 is 0 Å². The largest absolute Gasteiger partial charge is 0.252 e. The molecule has 0 unspecified atom stereocenters. The summed E-state index contributed by atoms with van der Waals surface area (Å²) in [5, 5.41) is 0. The lowest BCUT2D eigenvalue weighted by Gasteiger charge is -1.83. The van der Waals surface area contributed by atoms with E-state index in [4.69, 9.17) is 0 Å². The van der Waals surface area contributed by atoms with Crippen molar-refractivity contribution >= 4 is 19.9 Å². The summed E-state index contributed by atoms with van der Waals surface area (Å²) in [7, 11) is 0.988. The minimum atomic E-state index is 0.988. The van der Waals surface area contributed by atoms with Gasteiger partial charge in [-0.1, -0.05) is 20.6 Å². The van der Waals surface area contributed by atoms with Gasteiger partial charge in [-0.15, -0.1) is 0 Å². The number of hydrogen-bond donors (Lipinski definition) is 0. The summed E-state index contributed by atoms with van der Waals surface area (Å²) in [6.45, 7) is 0. The molecule has 1 aromatic heterocycles. The quantitative estimate of drug-likeness (QED) is 0.509. The van der Waals surface area contributed by atoms with Crippen LogP contribution >= 0.6 is 8.20 Å². The molecule has 0 radical (unpaired) electrons. The molecule has 1 rings (SSSR count). The molecule has 0 bridgehead atoms. The van der Waals surface area contributed by atoms with Crippen LogP contribution in [0.5, 0.6) is 0 Å². The normalized spacial score (nSPS) is 9.50. The molecule has 0 aliphatic rings. The number of nitrogens with zero attached hydrogens (tertiary/aromatic N) is 1. The Balaban J connectivity index is 2.99. The maximum absolute atomic E-state index is 4.02. The van der Waals surface area contributed by atoms with Gasteiger partial charge in [-0.05, 0) is 12.1 Å². The second kappa shape index (κ2) is 2.58. The predicted octanol–water partition coefficient (Wildman–Crippen LogP) is 1.09. The first kappa shape index (κ1) is 5.46. The SMILES string of the molecule is C=Pc1ccccn1. The second-order valence-corrected chi connectivity index (χ2v) is 2.12. The van der Waals surface area contributed by atoms with Crippen molar-refractivity contribution in [2.24, 2.45) is 0 Å². The molecule has 1 aromatic rings. The van der Waals surface area contributed by atoms with E-state index in [9.17, 15) is 0 Å². The van der Waals surface area contributed by atoms with Crippen LogP contribution in [-0.2, 0) is 0 Å². The first-order valence-corrected chi connectivity index (χ1v) is 3.39. The van der Waals surface area contributed by atoms with Gasteiger partial charge in [0.25, 0.3) is 0 Å². The highest BCUT2D eigenvalue weighted by Crippen LogP contribution is 1.87. The van der Waals surface area contributed by atoms with E-state index >= 15 is 0 Å². The summed E-state index contributed by atoms with van der Waals surface area (Å²) in [5.41, 5.74) is 1.02. The van der Waals surface area contributed by atoms with Gasteiger partial charge in [0.05, 0.1) is 5.44 Å². The Morgan fingerprint density at radius 1 is 1.50 bits per heavy atom. The van der Waals surface area contributed by atoms with Gasteiger partial charge in [0.2, 0.25) is 0 Å². The third-order valence-electron chi connectivity index (χ3n) is 0.811. The summed E-state index contributed by atoms with van der Waals surface area (Å²) >= 11 is 0. The van der Waals surface area contributed by atoms with Crippen LogP contribution in [0.4, 0.5) is 0 Å². The van der Waals surface area contributed by atoms with Crippen molar-refractivity contribution in [1.82, 2.24) is 4.98 Å². The van der Waals surface area contributed by atoms with E-state index in [0.717, 1.165) is 13.6 Å². The Labute approximate surface area is 50.2 Å². The third-order valence-corrected chi connectivity index (χ3v) is 1.40. The minimum absolute atomic E-state index is 0.988. The second-order valence-electron chi connectivity index (χ2n) is 1.35. The Hall–Kier alpha value is -0.680. The molecule has 0 aromatic carbocycles. The Morgan fingerprint density at radius 2 is 2.38 bits per heavy atom. The Morgan fingerprint density at radius 3 is 2.75 bits per heavy atom. The highest BCUT2D eigenvalue weighted by Gasteiger charge is 1.78. The average Bonchev–Trinajstić information content (AvgIpc) is 1.90. The van der Waals surface area contributed by atoms with Gasteiger partial charge in [0, 0.05) is 6.20 Å². The Bertz CT molecular complexity index is 171. The fourth-order valence-corrected chi connectivity index (χ4v) is 0.787. The standard InChI is InChI=1S/C6H6NP/c1-8-6-4-2-3-5-7-6/h2-5H,1H2. The summed E-state index contributed by atoms with van der Waals surface area (Å²) < 4.78 is 0. The number of aromatic nitrogens is 1. The molecular formula is C6H6NP. The first-order chi connectivity index (χ1) is 3.93. The van der Waals surface area contributed by atoms with Gasteiger partial charge in [-0.25, -0.2) is 0 Å². The molecule has 0 fully saturated rings. The van der Waals surface area contributed by atoms with Crippen LogP contribution < -0.4 is 5.44 Å². The maximum atomic E-state index is 4.02. The fourth-order valence-electron chi connectivity index (χ4n) is 0.447. The number of pyridine rings is 1. The van der Waals surface area contributed by atoms with Crippen molar-refractivity contribution in [3.63, 3.8) is 0 Å². The molecule has 0 amide bonds. The minimum Gasteiger partial charge on any atom is -0.252 e. The molecule has 8 heavy (non-hydrogen) atoms. The fraction of sp³-hybridized carbons (Fsp3) is 0. The molecule has 0 spiro atoms. The van der Waals surface area contributed by atoms with Crippen LogP contribution in [0.15, 0.2) is 24.4 Å². The van der Waals surface area contributed by atoms with Crippen molar-refractivity contribution in [3.05, 3.63) is 24.4 Å². The van der Waals surface area contributed by atoms with E-state index in [1.165, 1.54) is 0 Å². The summed E-state index contributed by atoms with van der Waals surface area (Å²) in [6.07, 6.45) is 5.44. The zero-order valence-electron chi connectivity index (χ0n) is 4.41. The van der Waals surface area contributed by atoms with Crippen LogP contribution in [0, 0.1) is 0 Å². The van der Waals surface area contributed by atoms with Crippen molar-refractivity contribution in [3.8, 4) is 0 Å². The number of rotatable bonds is 1. The average molecular weight is 123 g/mol. The molecular weight excluding hydrogens is 117 g/mol. The van der Waals surface area contributed by atoms with Gasteiger partial charge in [-0.2, -0.15) is 0 Å². The highest BCUT2D eigenvalue weighted by atomic mass is 31.1. The van der Waals surface area contributed by atoms with E-state index in [1.807, 2.05) is 18.2 Å². The highest BCUT2D eigenvalue weighted by molar-refractivity contribution is 7.45. The Kier molecular flexibility index (Phi) is 1.76. The van der Waals surface area contributed by atoms with Crippen molar-refractivity contribution in [2.45, 2.75) is 0 Å². The van der Waals surface area contributed by atoms with Gasteiger partial charge in [-0.3, -0.25) is 4.98 Å². The molecule has 1 nitrogen and oxygen atoms in total. The van der Waals surface area contributed by atoms with Crippen LogP contribution in [0.25, 0.3) is 0 Å². The molecule has 0 saturated carbocycles. The zero-order chi connectivity index (χ0) is 5.82. The summed E-state index contributed by atoms with van der Waals surface area (Å²) in [6, 6.07) is 5.81. The lowest BCUT2D eigenvalue weighted by molar-refractivity contribution is 1.40. The molecule has 0 atom stereocenters. The van der Waals surface area contributed by atoms with E-state index in [0.29, 0.717) is 0 Å². The van der Waals surface area contributed by atoms with Crippen molar-refractivity contribution < 1.29 is 0 Å². The molecule has 0 aliphatic heterocycles. The molecule has 0 N–H and O–H groups in total. The monoisotopic (exact) mass is 123 g/mol. The smallest absolute Gasteiger partial charge is 0.0890 e. The summed E-state index contributed by atoms with van der Waals surface area (Å²) in [5.74, 6) is 0. The zero-order valence-corrected chi connectivity index (χ0v) is 5.31. The first-order valence-electron chi connectivity index (χ1n) is 2.31. The van der Waals surface area contributed by atoms with Crippen LogP contribution in [0.2, 0.25) is 0 Å². The van der Waals surface area contributed by atoms with Crippen LogP contribution in [-0.4, -0.2) is 11.3 Å². The van der Waals surface area contributed by atoms with Crippen LogP contribution in [0.1, 0.15) is 0 Å². The predicted molar refractivity (Wildman–Crippen MR) is 37.9 cm³/mol. The van der Waals surface area contributed by atoms with Gasteiger partial charge >= 0.3 is 0 Å². The molecule has 40 valence electrons. The molecule has 2 heteroatoms. The van der Waals surface area contributed by atoms with Crippen molar-refractivity contribution in [1.29, 1.82) is 0 Å². The van der Waals surface area contributed by atoms with E-state index in [1.54, 1.807) is 6.20 Å². The summed E-state index contributed by atoms with van der Waals surface area (Å²) in [4.78, 5) is 4.02. The molecule has 1 heterocycles. The van der Waals surface area contributed by atoms with E-state index in [-0.39, 0.29) is 0 Å². The molecule has 0 aliphatic carbocycles. The van der Waals surface area contributed by atoms with Gasteiger partial charge in [0.1, 0.15) is 0 Å². The third kappa shape index (κ3) is 1.14. The van der Waals surface area contributed by atoms with E-state index in [2.05, 4.69) is 11.3 Å². The van der Waals surface area contributed by atoms with Gasteiger partial charge in [0.15, 0.2) is 0 Å².